The summed E-state index contributed by atoms with van der Waals surface area (Å²) in [6, 6.07) is 8.54. The number of halogens is 2. The summed E-state index contributed by atoms with van der Waals surface area (Å²) in [5.41, 5.74) is 1.33. The van der Waals surface area contributed by atoms with Crippen molar-refractivity contribution >= 4 is 41.3 Å². The number of aromatic nitrogens is 1. The monoisotopic (exact) mass is 285 g/mol. The van der Waals surface area contributed by atoms with Crippen molar-refractivity contribution in [3.05, 3.63) is 36.7 Å². The van der Waals surface area contributed by atoms with Crippen molar-refractivity contribution < 1.29 is 0 Å². The van der Waals surface area contributed by atoms with E-state index < -0.39 is 0 Å². The van der Waals surface area contributed by atoms with Gasteiger partial charge < -0.3 is 10.2 Å². The van der Waals surface area contributed by atoms with Gasteiger partial charge in [-0.25, -0.2) is 0 Å². The fourth-order valence-corrected chi connectivity index (χ4v) is 2.29. The average Bonchev–Trinajstić information content (AvgIpc) is 2.39. The highest BCUT2D eigenvalue weighted by atomic mass is 35.5. The Balaban J connectivity index is 0.000000810. The fraction of sp³-hybridized carbons (Fsp3) is 0.308. The standard InChI is InChI=1S/C13H15N3.2ClH/c1-2-11-10-15-5-4-12(11)13(3-1)16-8-6-14-7-9-16;;/h1-5,10,14H,6-9H2;2*1H. The minimum Gasteiger partial charge on any atom is -0.368 e. The molecule has 98 valence electrons. The van der Waals surface area contributed by atoms with Crippen LogP contribution in [0.2, 0.25) is 0 Å². The molecule has 1 fully saturated rings. The molecule has 2 aromatic rings. The molecule has 1 aromatic heterocycles. The summed E-state index contributed by atoms with van der Waals surface area (Å²) in [6.07, 6.45) is 3.80. The lowest BCUT2D eigenvalue weighted by atomic mass is 10.1. The molecular formula is C13H17Cl2N3. The number of nitrogens with zero attached hydrogens (tertiary/aromatic N) is 2. The van der Waals surface area contributed by atoms with Crippen LogP contribution in [-0.4, -0.2) is 31.2 Å². The van der Waals surface area contributed by atoms with E-state index in [2.05, 4.69) is 39.5 Å². The molecule has 1 aliphatic heterocycles. The van der Waals surface area contributed by atoms with Crippen molar-refractivity contribution in [1.82, 2.24) is 10.3 Å². The minimum atomic E-state index is 0. The molecule has 18 heavy (non-hydrogen) atoms. The topological polar surface area (TPSA) is 28.2 Å². The minimum absolute atomic E-state index is 0. The number of piperazine rings is 1. The van der Waals surface area contributed by atoms with Crippen LogP contribution in [0.3, 0.4) is 0 Å². The van der Waals surface area contributed by atoms with Crippen LogP contribution in [0.15, 0.2) is 36.7 Å². The van der Waals surface area contributed by atoms with Crippen LogP contribution in [0.5, 0.6) is 0 Å². The van der Waals surface area contributed by atoms with Gasteiger partial charge in [0.25, 0.3) is 0 Å². The highest BCUT2D eigenvalue weighted by molar-refractivity contribution is 5.93. The van der Waals surface area contributed by atoms with Gasteiger partial charge in [-0.05, 0) is 12.1 Å². The van der Waals surface area contributed by atoms with E-state index in [1.807, 2.05) is 12.4 Å². The summed E-state index contributed by atoms with van der Waals surface area (Å²) >= 11 is 0. The Bertz CT molecular complexity index is 493. The molecule has 0 spiro atoms. The fourth-order valence-electron chi connectivity index (χ4n) is 2.29. The maximum Gasteiger partial charge on any atom is 0.0447 e. The molecule has 1 aliphatic rings. The Hall–Kier alpha value is -1.03. The molecule has 0 bridgehead atoms. The summed E-state index contributed by atoms with van der Waals surface area (Å²) in [5, 5.41) is 5.90. The molecule has 0 radical (unpaired) electrons. The van der Waals surface area contributed by atoms with Crippen LogP contribution in [0.4, 0.5) is 5.69 Å². The Morgan fingerprint density at radius 2 is 1.83 bits per heavy atom. The zero-order valence-electron chi connectivity index (χ0n) is 10.0. The SMILES string of the molecule is Cl.Cl.c1cc(N2CCNCC2)c2ccncc2c1. The average molecular weight is 286 g/mol. The van der Waals surface area contributed by atoms with Gasteiger partial charge in [0.2, 0.25) is 0 Å². The summed E-state index contributed by atoms with van der Waals surface area (Å²) in [6.45, 7) is 4.31. The zero-order chi connectivity index (χ0) is 10.8. The third-order valence-corrected chi connectivity index (χ3v) is 3.12. The van der Waals surface area contributed by atoms with E-state index in [0.717, 1.165) is 26.2 Å². The van der Waals surface area contributed by atoms with Gasteiger partial charge in [0, 0.05) is 55.0 Å². The van der Waals surface area contributed by atoms with Crippen molar-refractivity contribution in [3.8, 4) is 0 Å². The smallest absolute Gasteiger partial charge is 0.0447 e. The normalized spacial score (nSPS) is 14.8. The molecule has 3 rings (SSSR count). The lowest BCUT2D eigenvalue weighted by Crippen LogP contribution is -2.43. The van der Waals surface area contributed by atoms with Gasteiger partial charge in [0.1, 0.15) is 0 Å². The molecule has 1 saturated heterocycles. The first kappa shape index (κ1) is 15.0. The molecule has 0 saturated carbocycles. The van der Waals surface area contributed by atoms with E-state index in [0.29, 0.717) is 0 Å². The third-order valence-electron chi connectivity index (χ3n) is 3.12. The van der Waals surface area contributed by atoms with Crippen LogP contribution in [0, 0.1) is 0 Å². The van der Waals surface area contributed by atoms with Gasteiger partial charge in [-0.2, -0.15) is 0 Å². The Morgan fingerprint density at radius 3 is 2.61 bits per heavy atom. The quantitative estimate of drug-likeness (QED) is 0.873. The molecule has 0 aliphatic carbocycles. The number of pyridine rings is 1. The van der Waals surface area contributed by atoms with E-state index in [9.17, 15) is 0 Å². The van der Waals surface area contributed by atoms with Gasteiger partial charge in [-0.15, -0.1) is 24.8 Å². The van der Waals surface area contributed by atoms with E-state index in [-0.39, 0.29) is 24.8 Å². The predicted molar refractivity (Wildman–Crippen MR) is 81.3 cm³/mol. The number of rotatable bonds is 1. The third kappa shape index (κ3) is 2.86. The van der Waals surface area contributed by atoms with Crippen molar-refractivity contribution in [2.75, 3.05) is 31.1 Å². The Labute approximate surface area is 119 Å². The van der Waals surface area contributed by atoms with Gasteiger partial charge in [0.15, 0.2) is 0 Å². The molecule has 3 nitrogen and oxygen atoms in total. The van der Waals surface area contributed by atoms with Crippen LogP contribution in [0.1, 0.15) is 0 Å². The first-order valence-corrected chi connectivity index (χ1v) is 5.73. The van der Waals surface area contributed by atoms with Gasteiger partial charge in [-0.3, -0.25) is 4.98 Å². The highest BCUT2D eigenvalue weighted by Gasteiger charge is 2.12. The molecule has 0 amide bonds. The Morgan fingerprint density at radius 1 is 1.06 bits per heavy atom. The van der Waals surface area contributed by atoms with E-state index in [4.69, 9.17) is 0 Å². The summed E-state index contributed by atoms with van der Waals surface area (Å²) < 4.78 is 0. The lowest BCUT2D eigenvalue weighted by molar-refractivity contribution is 0.590. The van der Waals surface area contributed by atoms with Crippen molar-refractivity contribution in [1.29, 1.82) is 0 Å². The maximum absolute atomic E-state index is 4.17. The number of hydrogen-bond donors (Lipinski definition) is 1. The second-order valence-electron chi connectivity index (χ2n) is 4.11. The number of benzene rings is 1. The molecule has 0 atom stereocenters. The summed E-state index contributed by atoms with van der Waals surface area (Å²) in [5.74, 6) is 0. The second kappa shape index (κ2) is 6.78. The lowest BCUT2D eigenvalue weighted by Gasteiger charge is -2.30. The van der Waals surface area contributed by atoms with Gasteiger partial charge >= 0.3 is 0 Å². The second-order valence-corrected chi connectivity index (χ2v) is 4.11. The molecule has 5 heteroatoms. The van der Waals surface area contributed by atoms with Crippen LogP contribution >= 0.6 is 24.8 Å². The van der Waals surface area contributed by atoms with Crippen molar-refractivity contribution in [3.63, 3.8) is 0 Å². The van der Waals surface area contributed by atoms with Gasteiger partial charge in [-0.1, -0.05) is 12.1 Å². The van der Waals surface area contributed by atoms with E-state index >= 15 is 0 Å². The first-order valence-electron chi connectivity index (χ1n) is 5.73. The molecule has 1 N–H and O–H groups in total. The van der Waals surface area contributed by atoms with E-state index in [1.165, 1.54) is 16.5 Å². The van der Waals surface area contributed by atoms with Crippen LogP contribution in [0.25, 0.3) is 10.8 Å². The molecule has 2 heterocycles. The maximum atomic E-state index is 4.17. The van der Waals surface area contributed by atoms with Crippen molar-refractivity contribution in [2.45, 2.75) is 0 Å². The van der Waals surface area contributed by atoms with Crippen LogP contribution in [-0.2, 0) is 0 Å². The van der Waals surface area contributed by atoms with Gasteiger partial charge in [0.05, 0.1) is 0 Å². The number of fused-ring (bicyclic) bond motifs is 1. The largest absolute Gasteiger partial charge is 0.368 e. The summed E-state index contributed by atoms with van der Waals surface area (Å²) in [7, 11) is 0. The number of hydrogen-bond acceptors (Lipinski definition) is 3. The predicted octanol–water partition coefficient (Wildman–Crippen LogP) is 2.49. The van der Waals surface area contributed by atoms with Crippen molar-refractivity contribution in [2.24, 2.45) is 0 Å². The highest BCUT2D eigenvalue weighted by Crippen LogP contribution is 2.25. The molecule has 0 unspecified atom stereocenters. The molecular weight excluding hydrogens is 269 g/mol. The molecule has 1 aromatic carbocycles. The zero-order valence-corrected chi connectivity index (χ0v) is 11.6. The van der Waals surface area contributed by atoms with Crippen LogP contribution < -0.4 is 10.2 Å². The number of anilines is 1. The summed E-state index contributed by atoms with van der Waals surface area (Å²) in [4.78, 5) is 6.61. The first-order chi connectivity index (χ1) is 7.95. The van der Waals surface area contributed by atoms with E-state index in [1.54, 1.807) is 0 Å². The number of nitrogens with one attached hydrogen (secondary N) is 1. The Kier molecular flexibility index (Phi) is 5.66.